The van der Waals surface area contributed by atoms with E-state index in [1.165, 1.54) is 0 Å². The van der Waals surface area contributed by atoms with Crippen LogP contribution in [0, 0.1) is 0 Å². The van der Waals surface area contributed by atoms with Gasteiger partial charge in [-0.05, 0) is 11.6 Å². The first-order valence-electron chi connectivity index (χ1n) is 4.93. The van der Waals surface area contributed by atoms with Gasteiger partial charge in [-0.25, -0.2) is 0 Å². The van der Waals surface area contributed by atoms with Crippen molar-refractivity contribution >= 4 is 50.7 Å². The molecule has 0 atom stereocenters. The van der Waals surface area contributed by atoms with E-state index in [2.05, 4.69) is 15.9 Å². The summed E-state index contributed by atoms with van der Waals surface area (Å²) in [7, 11) is 0. The molecule has 0 amide bonds. The van der Waals surface area contributed by atoms with E-state index in [-0.39, 0.29) is 0 Å². The van der Waals surface area contributed by atoms with Gasteiger partial charge in [0.15, 0.2) is 0 Å². The van der Waals surface area contributed by atoms with E-state index in [1.54, 1.807) is 6.07 Å². The van der Waals surface area contributed by atoms with Gasteiger partial charge < -0.3 is 0 Å². The van der Waals surface area contributed by atoms with E-state index in [9.17, 15) is 0 Å². The van der Waals surface area contributed by atoms with Crippen molar-refractivity contribution in [3.05, 3.63) is 57.0 Å². The molecule has 2 aromatic carbocycles. The molecule has 17 heavy (non-hydrogen) atoms. The maximum Gasteiger partial charge on any atom is 0.0671 e. The third kappa shape index (κ3) is 2.63. The van der Waals surface area contributed by atoms with Gasteiger partial charge in [0, 0.05) is 16.5 Å². The highest BCUT2D eigenvalue weighted by Gasteiger charge is 2.11. The zero-order valence-electron chi connectivity index (χ0n) is 8.68. The molecule has 0 N–H and O–H groups in total. The van der Waals surface area contributed by atoms with E-state index in [1.807, 2.05) is 30.3 Å². The molecule has 4 heteroatoms. The molecule has 2 rings (SSSR count). The Labute approximate surface area is 124 Å². The van der Waals surface area contributed by atoms with Crippen LogP contribution in [0.3, 0.4) is 0 Å². The van der Waals surface area contributed by atoms with Crippen LogP contribution < -0.4 is 0 Å². The molecular weight excluding hydrogens is 342 g/mol. The van der Waals surface area contributed by atoms with E-state index >= 15 is 0 Å². The highest BCUT2D eigenvalue weighted by Crippen LogP contribution is 2.38. The van der Waals surface area contributed by atoms with Crippen molar-refractivity contribution in [3.63, 3.8) is 0 Å². The fraction of sp³-hybridized carbons (Fsp3) is 0.0769. The lowest BCUT2D eigenvalue weighted by atomic mass is 10.0. The van der Waals surface area contributed by atoms with Crippen LogP contribution in [0.5, 0.6) is 0 Å². The molecule has 0 aliphatic carbocycles. The van der Waals surface area contributed by atoms with Crippen LogP contribution in [0.15, 0.2) is 36.4 Å². The Morgan fingerprint density at radius 3 is 2.06 bits per heavy atom. The lowest BCUT2D eigenvalue weighted by molar-refractivity contribution is 1.43. The van der Waals surface area contributed by atoms with Gasteiger partial charge in [0.25, 0.3) is 0 Å². The van der Waals surface area contributed by atoms with Gasteiger partial charge in [-0.3, -0.25) is 0 Å². The first-order chi connectivity index (χ1) is 8.15. The van der Waals surface area contributed by atoms with Crippen LogP contribution >= 0.6 is 50.7 Å². The van der Waals surface area contributed by atoms with Crippen molar-refractivity contribution in [2.75, 3.05) is 0 Å². The average molecular weight is 350 g/mol. The van der Waals surface area contributed by atoms with Crippen molar-refractivity contribution in [1.29, 1.82) is 0 Å². The zero-order valence-corrected chi connectivity index (χ0v) is 12.5. The molecule has 0 saturated heterocycles. The maximum absolute atomic E-state index is 6.34. The largest absolute Gasteiger partial charge is 0.0876 e. The summed E-state index contributed by atoms with van der Waals surface area (Å²) in [5.74, 6) is 0. The molecule has 0 aromatic heterocycles. The number of halogens is 4. The van der Waals surface area contributed by atoms with Gasteiger partial charge >= 0.3 is 0 Å². The van der Waals surface area contributed by atoms with Crippen molar-refractivity contribution in [2.24, 2.45) is 0 Å². The van der Waals surface area contributed by atoms with Gasteiger partial charge in [-0.2, -0.15) is 0 Å². The predicted octanol–water partition coefficient (Wildman–Crippen LogP) is 6.21. The minimum atomic E-state index is 0.530. The number of alkyl halides is 1. The Bertz CT molecular complexity index is 552. The number of hydrogen-bond acceptors (Lipinski definition) is 0. The second-order valence-corrected chi connectivity index (χ2v) is 5.24. The summed E-state index contributed by atoms with van der Waals surface area (Å²) in [4.78, 5) is 0. The molecule has 0 saturated carbocycles. The fourth-order valence-electron chi connectivity index (χ4n) is 1.60. The van der Waals surface area contributed by atoms with Crippen LogP contribution in [-0.4, -0.2) is 0 Å². The molecule has 0 unspecified atom stereocenters. The van der Waals surface area contributed by atoms with Gasteiger partial charge in [0.1, 0.15) is 0 Å². The zero-order chi connectivity index (χ0) is 12.4. The van der Waals surface area contributed by atoms with Gasteiger partial charge in [0.2, 0.25) is 0 Å². The Balaban J connectivity index is 2.65. The monoisotopic (exact) mass is 348 g/mol. The normalized spacial score (nSPS) is 10.6. The molecular formula is C13H8BrCl3. The standard InChI is InChI=1S/C13H8BrCl3/c14-7-8-3-1-4-9(12(8)16)10-5-2-6-11(15)13(10)17/h1-6H,7H2. The minimum Gasteiger partial charge on any atom is -0.0876 e. The number of rotatable bonds is 2. The number of hydrogen-bond donors (Lipinski definition) is 0. The third-order valence-electron chi connectivity index (χ3n) is 2.46. The fourth-order valence-corrected chi connectivity index (χ4v) is 2.93. The first kappa shape index (κ1) is 13.2. The smallest absolute Gasteiger partial charge is 0.0671 e. The second-order valence-electron chi connectivity index (χ2n) is 3.51. The summed E-state index contributed by atoms with van der Waals surface area (Å²) in [6.07, 6.45) is 0. The van der Waals surface area contributed by atoms with Gasteiger partial charge in [-0.15, -0.1) is 0 Å². The molecule has 0 radical (unpaired) electrons. The topological polar surface area (TPSA) is 0 Å². The van der Waals surface area contributed by atoms with Crippen molar-refractivity contribution in [3.8, 4) is 11.1 Å². The quantitative estimate of drug-likeness (QED) is 0.565. The van der Waals surface area contributed by atoms with Crippen LogP contribution in [0.1, 0.15) is 5.56 Å². The predicted molar refractivity (Wildman–Crippen MR) is 79.5 cm³/mol. The average Bonchev–Trinajstić information content (AvgIpc) is 2.33. The Kier molecular flexibility index (Phi) is 4.37. The van der Waals surface area contributed by atoms with Crippen LogP contribution in [0.2, 0.25) is 15.1 Å². The first-order valence-corrected chi connectivity index (χ1v) is 7.18. The SMILES string of the molecule is Clc1cccc(-c2cccc(CBr)c2Cl)c1Cl. The molecule has 0 spiro atoms. The minimum absolute atomic E-state index is 0.530. The molecule has 0 fully saturated rings. The Hall–Kier alpha value is -0.210. The molecule has 0 aliphatic heterocycles. The van der Waals surface area contributed by atoms with Gasteiger partial charge in [-0.1, -0.05) is 81.1 Å². The summed E-state index contributed by atoms with van der Waals surface area (Å²) in [6, 6.07) is 11.4. The van der Waals surface area contributed by atoms with Crippen LogP contribution in [0.25, 0.3) is 11.1 Å². The van der Waals surface area contributed by atoms with Crippen LogP contribution in [-0.2, 0) is 5.33 Å². The lowest BCUT2D eigenvalue weighted by Crippen LogP contribution is -1.86. The van der Waals surface area contributed by atoms with Crippen LogP contribution in [0.4, 0.5) is 0 Å². The molecule has 0 bridgehead atoms. The van der Waals surface area contributed by atoms with Crippen molar-refractivity contribution in [2.45, 2.75) is 5.33 Å². The lowest BCUT2D eigenvalue weighted by Gasteiger charge is -2.10. The summed E-state index contributed by atoms with van der Waals surface area (Å²) in [5, 5.41) is 2.47. The van der Waals surface area contributed by atoms with E-state index in [0.717, 1.165) is 16.7 Å². The second kappa shape index (κ2) is 5.62. The van der Waals surface area contributed by atoms with Crippen molar-refractivity contribution in [1.82, 2.24) is 0 Å². The summed E-state index contributed by atoms with van der Waals surface area (Å²) in [5.41, 5.74) is 2.78. The number of benzene rings is 2. The van der Waals surface area contributed by atoms with E-state index in [0.29, 0.717) is 20.4 Å². The third-order valence-corrected chi connectivity index (χ3v) is 4.33. The molecule has 0 aliphatic rings. The molecule has 0 nitrogen and oxygen atoms in total. The summed E-state index contributed by atoms with van der Waals surface area (Å²) >= 11 is 21.9. The molecule has 0 heterocycles. The molecule has 88 valence electrons. The van der Waals surface area contributed by atoms with Gasteiger partial charge in [0.05, 0.1) is 15.1 Å². The molecule has 2 aromatic rings. The summed E-state index contributed by atoms with van der Waals surface area (Å²) in [6.45, 7) is 0. The highest BCUT2D eigenvalue weighted by atomic mass is 79.9. The maximum atomic E-state index is 6.34. The summed E-state index contributed by atoms with van der Waals surface area (Å²) < 4.78 is 0. The highest BCUT2D eigenvalue weighted by molar-refractivity contribution is 9.08. The van der Waals surface area contributed by atoms with Crippen molar-refractivity contribution < 1.29 is 0 Å². The van der Waals surface area contributed by atoms with E-state index < -0.39 is 0 Å². The van der Waals surface area contributed by atoms with E-state index in [4.69, 9.17) is 34.8 Å². The Morgan fingerprint density at radius 2 is 1.41 bits per heavy atom. The Morgan fingerprint density at radius 1 is 0.824 bits per heavy atom.